The smallest absolute Gasteiger partial charge is 0.241 e. The van der Waals surface area contributed by atoms with Gasteiger partial charge in [-0.25, -0.2) is 8.78 Å². The second-order valence-electron chi connectivity index (χ2n) is 7.55. The average molecular weight is 427 g/mol. The zero-order chi connectivity index (χ0) is 21.8. The second-order valence-corrected chi connectivity index (χ2v) is 7.55. The van der Waals surface area contributed by atoms with Crippen molar-refractivity contribution in [1.29, 1.82) is 0 Å². The van der Waals surface area contributed by atoms with Crippen LogP contribution >= 0.6 is 0 Å². The molecular formula is C22H23F2N5O2. The highest BCUT2D eigenvalue weighted by Crippen LogP contribution is 2.20. The maximum absolute atomic E-state index is 13.7. The molecule has 31 heavy (non-hydrogen) atoms. The molecule has 1 fully saturated rings. The summed E-state index contributed by atoms with van der Waals surface area (Å²) in [7, 11) is 0. The Morgan fingerprint density at radius 1 is 1.10 bits per heavy atom. The third-order valence-electron chi connectivity index (χ3n) is 5.25. The molecule has 0 saturated carbocycles. The molecule has 4 rings (SSSR count). The van der Waals surface area contributed by atoms with Gasteiger partial charge in [0.15, 0.2) is 0 Å². The predicted octanol–water partition coefficient (Wildman–Crippen LogP) is 3.08. The molecule has 1 amide bonds. The summed E-state index contributed by atoms with van der Waals surface area (Å²) in [5.74, 6) is -0.516. The highest BCUT2D eigenvalue weighted by molar-refractivity contribution is 5.92. The second kappa shape index (κ2) is 9.32. The fraction of sp³-hybridized carbons (Fsp3) is 0.318. The average Bonchev–Trinajstić information content (AvgIpc) is 3.21. The van der Waals surface area contributed by atoms with E-state index in [9.17, 15) is 13.6 Å². The third-order valence-corrected chi connectivity index (χ3v) is 5.25. The first kappa shape index (κ1) is 21.1. The maximum Gasteiger partial charge on any atom is 0.241 e. The number of carbonyl (C=O) groups is 1. The first-order valence-corrected chi connectivity index (χ1v) is 10.1. The van der Waals surface area contributed by atoms with Gasteiger partial charge >= 0.3 is 0 Å². The number of anilines is 1. The highest BCUT2D eigenvalue weighted by Gasteiger charge is 2.21. The molecule has 1 aliphatic rings. The molecule has 0 radical (unpaired) electrons. The maximum atomic E-state index is 13.7. The van der Waals surface area contributed by atoms with Crippen molar-refractivity contribution in [2.75, 3.05) is 38.0 Å². The van der Waals surface area contributed by atoms with Crippen LogP contribution in [0, 0.1) is 18.6 Å². The zero-order valence-corrected chi connectivity index (χ0v) is 17.1. The van der Waals surface area contributed by atoms with Gasteiger partial charge in [0, 0.05) is 37.8 Å². The van der Waals surface area contributed by atoms with Crippen LogP contribution < -0.4 is 5.32 Å². The predicted molar refractivity (Wildman–Crippen MR) is 111 cm³/mol. The summed E-state index contributed by atoms with van der Waals surface area (Å²) in [4.78, 5) is 20.8. The van der Waals surface area contributed by atoms with Crippen molar-refractivity contribution in [2.24, 2.45) is 0 Å². The van der Waals surface area contributed by atoms with Crippen LogP contribution in [0.1, 0.15) is 11.5 Å². The van der Waals surface area contributed by atoms with Gasteiger partial charge < -0.3 is 9.84 Å². The van der Waals surface area contributed by atoms with Gasteiger partial charge in [-0.3, -0.25) is 14.6 Å². The molecule has 3 aromatic rings. The molecule has 162 valence electrons. The standard InChI is InChI=1S/C22H23F2N5O2/c1-15-4-2-3-5-17(15)22-26-21(31-27-22)14-29-10-8-28(9-11-29)13-20(30)25-19-12-16(23)6-7-18(19)24/h2-7,12H,8-11,13-14H2,1H3,(H,25,30). The molecule has 0 atom stereocenters. The largest absolute Gasteiger partial charge is 0.338 e. The molecule has 0 bridgehead atoms. The van der Waals surface area contributed by atoms with Crippen molar-refractivity contribution < 1.29 is 18.1 Å². The number of aryl methyl sites for hydroxylation is 1. The number of halogens is 2. The van der Waals surface area contributed by atoms with Crippen molar-refractivity contribution in [3.63, 3.8) is 0 Å². The van der Waals surface area contributed by atoms with E-state index < -0.39 is 11.6 Å². The fourth-order valence-corrected chi connectivity index (χ4v) is 3.54. The number of rotatable bonds is 6. The van der Waals surface area contributed by atoms with Crippen LogP contribution in [0.4, 0.5) is 14.5 Å². The van der Waals surface area contributed by atoms with Gasteiger partial charge in [-0.2, -0.15) is 4.98 Å². The minimum absolute atomic E-state index is 0.113. The molecule has 0 aliphatic carbocycles. The molecule has 0 unspecified atom stereocenters. The van der Waals surface area contributed by atoms with E-state index in [1.165, 1.54) is 0 Å². The number of nitrogens with zero attached hydrogens (tertiary/aromatic N) is 4. The molecule has 7 nitrogen and oxygen atoms in total. The summed E-state index contributed by atoms with van der Waals surface area (Å²) in [6.07, 6.45) is 0. The van der Waals surface area contributed by atoms with Crippen LogP contribution in [0.25, 0.3) is 11.4 Å². The monoisotopic (exact) mass is 427 g/mol. The molecule has 1 saturated heterocycles. The first-order valence-electron chi connectivity index (χ1n) is 10.1. The summed E-state index contributed by atoms with van der Waals surface area (Å²) >= 11 is 0. The highest BCUT2D eigenvalue weighted by atomic mass is 19.1. The molecule has 1 aromatic heterocycles. The SMILES string of the molecule is Cc1ccccc1-c1noc(CN2CCN(CC(=O)Nc3cc(F)ccc3F)CC2)n1. The van der Waals surface area contributed by atoms with E-state index in [4.69, 9.17) is 4.52 Å². The molecule has 0 spiro atoms. The van der Waals surface area contributed by atoms with Gasteiger partial charge in [0.25, 0.3) is 0 Å². The number of piperazine rings is 1. The molecule has 2 aromatic carbocycles. The number of amides is 1. The van der Waals surface area contributed by atoms with Gasteiger partial charge in [0.2, 0.25) is 17.6 Å². The van der Waals surface area contributed by atoms with E-state index in [0.29, 0.717) is 31.3 Å². The van der Waals surface area contributed by atoms with E-state index in [2.05, 4.69) is 20.4 Å². The molecule has 1 aliphatic heterocycles. The van der Waals surface area contributed by atoms with Crippen molar-refractivity contribution in [3.05, 3.63) is 65.6 Å². The Morgan fingerprint density at radius 2 is 1.84 bits per heavy atom. The lowest BCUT2D eigenvalue weighted by molar-refractivity contribution is -0.117. The van der Waals surface area contributed by atoms with Crippen LogP contribution in [0.15, 0.2) is 47.0 Å². The summed E-state index contributed by atoms with van der Waals surface area (Å²) in [5.41, 5.74) is 1.88. The number of hydrogen-bond acceptors (Lipinski definition) is 6. The Bertz CT molecular complexity index is 1060. The van der Waals surface area contributed by atoms with Crippen LogP contribution in [0.5, 0.6) is 0 Å². The van der Waals surface area contributed by atoms with Crippen molar-refractivity contribution in [1.82, 2.24) is 19.9 Å². The number of nitrogens with one attached hydrogen (secondary N) is 1. The van der Waals surface area contributed by atoms with Crippen LogP contribution in [0.3, 0.4) is 0 Å². The van der Waals surface area contributed by atoms with Crippen LogP contribution in [0.2, 0.25) is 0 Å². The summed E-state index contributed by atoms with van der Waals surface area (Å²) in [6.45, 7) is 5.43. The molecular weight excluding hydrogens is 404 g/mol. The lowest BCUT2D eigenvalue weighted by atomic mass is 10.1. The molecule has 2 heterocycles. The van der Waals surface area contributed by atoms with Crippen LogP contribution in [-0.4, -0.2) is 58.6 Å². The van der Waals surface area contributed by atoms with Gasteiger partial charge in [-0.15, -0.1) is 0 Å². The minimum Gasteiger partial charge on any atom is -0.338 e. The number of benzene rings is 2. The lowest BCUT2D eigenvalue weighted by Crippen LogP contribution is -2.48. The Labute approximate surface area is 178 Å². The normalized spacial score (nSPS) is 15.2. The number of aromatic nitrogens is 2. The topological polar surface area (TPSA) is 74.5 Å². The number of hydrogen-bond donors (Lipinski definition) is 1. The van der Waals surface area contributed by atoms with E-state index in [0.717, 1.165) is 42.4 Å². The Balaban J connectivity index is 1.26. The minimum atomic E-state index is -0.663. The fourth-order valence-electron chi connectivity index (χ4n) is 3.54. The quantitative estimate of drug-likeness (QED) is 0.652. The Hall–Kier alpha value is -3.17. The van der Waals surface area contributed by atoms with Gasteiger partial charge in [0.1, 0.15) is 11.6 Å². The summed E-state index contributed by atoms with van der Waals surface area (Å²) in [6, 6.07) is 10.8. The van der Waals surface area contributed by atoms with Gasteiger partial charge in [0.05, 0.1) is 18.8 Å². The van der Waals surface area contributed by atoms with E-state index in [1.807, 2.05) is 36.1 Å². The Morgan fingerprint density at radius 3 is 2.61 bits per heavy atom. The molecule has 1 N–H and O–H groups in total. The summed E-state index contributed by atoms with van der Waals surface area (Å²) < 4.78 is 32.3. The van der Waals surface area contributed by atoms with Crippen molar-refractivity contribution in [3.8, 4) is 11.4 Å². The van der Waals surface area contributed by atoms with Gasteiger partial charge in [-0.05, 0) is 24.6 Å². The summed E-state index contributed by atoms with van der Waals surface area (Å²) in [5, 5.41) is 6.52. The van der Waals surface area contributed by atoms with Crippen LogP contribution in [-0.2, 0) is 11.3 Å². The third kappa shape index (κ3) is 5.31. The van der Waals surface area contributed by atoms with E-state index in [-0.39, 0.29) is 18.1 Å². The molecule has 9 heteroatoms. The van der Waals surface area contributed by atoms with Crippen molar-refractivity contribution >= 4 is 11.6 Å². The van der Waals surface area contributed by atoms with E-state index in [1.54, 1.807) is 0 Å². The lowest BCUT2D eigenvalue weighted by Gasteiger charge is -2.33. The Kier molecular flexibility index (Phi) is 6.34. The first-order chi connectivity index (χ1) is 15.0. The van der Waals surface area contributed by atoms with E-state index >= 15 is 0 Å². The van der Waals surface area contributed by atoms with Gasteiger partial charge in [-0.1, -0.05) is 29.4 Å². The zero-order valence-electron chi connectivity index (χ0n) is 17.1. The van der Waals surface area contributed by atoms with Crippen molar-refractivity contribution in [2.45, 2.75) is 13.5 Å². The number of carbonyl (C=O) groups excluding carboxylic acids is 1.